The van der Waals surface area contributed by atoms with Crippen molar-refractivity contribution in [2.45, 2.75) is 13.3 Å². The molecule has 0 spiro atoms. The quantitative estimate of drug-likeness (QED) is 0.634. The van der Waals surface area contributed by atoms with Gasteiger partial charge in [-0.1, -0.05) is 6.92 Å². The highest BCUT2D eigenvalue weighted by Gasteiger charge is 2.16. The Morgan fingerprint density at radius 2 is 2.18 bits per heavy atom. The van der Waals surface area contributed by atoms with E-state index in [1.807, 2.05) is 4.90 Å². The first kappa shape index (κ1) is 12.0. The van der Waals surface area contributed by atoms with Crippen LogP contribution in [0.3, 0.4) is 0 Å². The maximum Gasteiger partial charge on any atom is 0.237 e. The number of piperazine rings is 1. The number of carbonyl (C=O) groups excluding carboxylic acids is 1. The second-order valence-electron chi connectivity index (χ2n) is 4.02. The monoisotopic (exact) mass is 237 g/mol. The molecule has 0 amide bonds. The van der Waals surface area contributed by atoms with Gasteiger partial charge < -0.3 is 10.2 Å². The van der Waals surface area contributed by atoms with Gasteiger partial charge in [-0.3, -0.25) is 4.79 Å². The van der Waals surface area contributed by atoms with Crippen LogP contribution in [-0.4, -0.2) is 36.9 Å². The van der Waals surface area contributed by atoms with Gasteiger partial charge in [-0.2, -0.15) is 4.39 Å². The lowest BCUT2D eigenvalue weighted by atomic mass is 10.2. The highest BCUT2D eigenvalue weighted by molar-refractivity contribution is 5.94. The molecule has 0 unspecified atom stereocenters. The van der Waals surface area contributed by atoms with Gasteiger partial charge in [-0.05, 0) is 12.1 Å². The van der Waals surface area contributed by atoms with Crippen molar-refractivity contribution in [2.75, 3.05) is 31.1 Å². The van der Waals surface area contributed by atoms with Crippen molar-refractivity contribution >= 4 is 11.5 Å². The summed E-state index contributed by atoms with van der Waals surface area (Å²) in [4.78, 5) is 17.1. The van der Waals surface area contributed by atoms with Crippen molar-refractivity contribution in [3.63, 3.8) is 0 Å². The highest BCUT2D eigenvalue weighted by atomic mass is 19.1. The summed E-state index contributed by atoms with van der Waals surface area (Å²) in [6, 6.07) is 3.25. The Bertz CT molecular complexity index is 416. The Balaban J connectivity index is 2.21. The molecule has 1 aromatic heterocycles. The normalized spacial score (nSPS) is 16.0. The van der Waals surface area contributed by atoms with Gasteiger partial charge in [-0.15, -0.1) is 0 Å². The van der Waals surface area contributed by atoms with Crippen LogP contribution in [0.1, 0.15) is 23.8 Å². The van der Waals surface area contributed by atoms with Gasteiger partial charge in [0.05, 0.1) is 5.69 Å². The third-order valence-corrected chi connectivity index (χ3v) is 2.89. The molecule has 0 bridgehead atoms. The van der Waals surface area contributed by atoms with E-state index < -0.39 is 5.95 Å². The number of anilines is 1. The lowest BCUT2D eigenvalue weighted by molar-refractivity contribution is 0.0982. The fourth-order valence-corrected chi connectivity index (χ4v) is 1.90. The Labute approximate surface area is 99.8 Å². The number of hydrogen-bond donors (Lipinski definition) is 1. The molecule has 1 aromatic rings. The number of aromatic nitrogens is 1. The molecule has 1 aliphatic rings. The number of ketones is 1. The summed E-state index contributed by atoms with van der Waals surface area (Å²) in [6.07, 6.45) is 0.347. The topological polar surface area (TPSA) is 45.2 Å². The summed E-state index contributed by atoms with van der Waals surface area (Å²) in [6.45, 7) is 4.95. The van der Waals surface area contributed by atoms with Gasteiger partial charge in [0.15, 0.2) is 5.78 Å². The molecular formula is C12H16FN3O. The van der Waals surface area contributed by atoms with Gasteiger partial charge in [-0.25, -0.2) is 4.98 Å². The summed E-state index contributed by atoms with van der Waals surface area (Å²) in [5.41, 5.74) is 0.697. The lowest BCUT2D eigenvalue weighted by Crippen LogP contribution is -2.44. The van der Waals surface area contributed by atoms with Crippen LogP contribution in [0.4, 0.5) is 10.1 Å². The van der Waals surface area contributed by atoms with E-state index in [1.165, 1.54) is 0 Å². The fourth-order valence-electron chi connectivity index (χ4n) is 1.90. The Kier molecular flexibility index (Phi) is 3.68. The molecule has 1 saturated heterocycles. The predicted octanol–water partition coefficient (Wildman–Crippen LogP) is 1.22. The molecule has 0 saturated carbocycles. The molecule has 1 N–H and O–H groups in total. The van der Waals surface area contributed by atoms with E-state index in [1.54, 1.807) is 19.1 Å². The molecule has 0 aromatic carbocycles. The number of nitrogens with one attached hydrogen (secondary N) is 1. The molecule has 0 radical (unpaired) electrons. The second kappa shape index (κ2) is 5.23. The molecule has 92 valence electrons. The lowest BCUT2D eigenvalue weighted by Gasteiger charge is -2.29. The van der Waals surface area contributed by atoms with Crippen LogP contribution in [0.25, 0.3) is 0 Å². The van der Waals surface area contributed by atoms with Crippen molar-refractivity contribution in [2.24, 2.45) is 0 Å². The van der Waals surface area contributed by atoms with Crippen LogP contribution in [0.5, 0.6) is 0 Å². The summed E-state index contributed by atoms with van der Waals surface area (Å²) in [7, 11) is 0. The van der Waals surface area contributed by atoms with E-state index in [9.17, 15) is 9.18 Å². The number of hydrogen-bond acceptors (Lipinski definition) is 4. The molecule has 1 fully saturated rings. The maximum atomic E-state index is 13.8. The van der Waals surface area contributed by atoms with Crippen LogP contribution in [0.15, 0.2) is 12.1 Å². The molecule has 17 heavy (non-hydrogen) atoms. The first-order valence-electron chi connectivity index (χ1n) is 5.87. The van der Waals surface area contributed by atoms with Gasteiger partial charge in [0.1, 0.15) is 5.69 Å². The van der Waals surface area contributed by atoms with E-state index in [0.29, 0.717) is 12.1 Å². The second-order valence-corrected chi connectivity index (χ2v) is 4.02. The Hall–Kier alpha value is -1.49. The number of carbonyl (C=O) groups is 1. The maximum absolute atomic E-state index is 13.8. The molecule has 1 aliphatic heterocycles. The molecule has 0 aliphatic carbocycles. The SMILES string of the molecule is CCC(=O)c1ccc(N2CCNCC2)c(F)n1. The minimum atomic E-state index is -0.550. The van der Waals surface area contributed by atoms with E-state index in [2.05, 4.69) is 10.3 Å². The van der Waals surface area contributed by atoms with Gasteiger partial charge >= 0.3 is 0 Å². The first-order valence-corrected chi connectivity index (χ1v) is 5.87. The number of nitrogens with zero attached hydrogens (tertiary/aromatic N) is 2. The molecule has 2 rings (SSSR count). The van der Waals surface area contributed by atoms with Gasteiger partial charge in [0.2, 0.25) is 5.95 Å². The van der Waals surface area contributed by atoms with E-state index in [-0.39, 0.29) is 11.5 Å². The van der Waals surface area contributed by atoms with E-state index in [4.69, 9.17) is 0 Å². The third kappa shape index (κ3) is 2.61. The highest BCUT2D eigenvalue weighted by Crippen LogP contribution is 2.18. The third-order valence-electron chi connectivity index (χ3n) is 2.89. The smallest absolute Gasteiger partial charge is 0.237 e. The van der Waals surface area contributed by atoms with Gasteiger partial charge in [0, 0.05) is 32.6 Å². The molecule has 0 atom stereocenters. The number of halogens is 1. The van der Waals surface area contributed by atoms with Crippen LogP contribution in [0, 0.1) is 5.95 Å². The zero-order valence-corrected chi connectivity index (χ0v) is 9.87. The number of rotatable bonds is 3. The average Bonchev–Trinajstić information content (AvgIpc) is 2.38. The minimum Gasteiger partial charge on any atom is -0.365 e. The summed E-state index contributed by atoms with van der Waals surface area (Å²) in [5.74, 6) is -0.679. The van der Waals surface area contributed by atoms with Crippen molar-refractivity contribution in [1.82, 2.24) is 10.3 Å². The first-order chi connectivity index (χ1) is 8.22. The van der Waals surface area contributed by atoms with Crippen molar-refractivity contribution in [3.8, 4) is 0 Å². The number of Topliss-reactive ketones (excluding diaryl/α,β-unsaturated/α-hetero) is 1. The van der Waals surface area contributed by atoms with Crippen LogP contribution in [0.2, 0.25) is 0 Å². The Morgan fingerprint density at radius 1 is 1.47 bits per heavy atom. The Morgan fingerprint density at radius 3 is 2.76 bits per heavy atom. The average molecular weight is 237 g/mol. The molecule has 4 nitrogen and oxygen atoms in total. The number of pyridine rings is 1. The predicted molar refractivity (Wildman–Crippen MR) is 63.9 cm³/mol. The zero-order valence-electron chi connectivity index (χ0n) is 9.87. The molecule has 2 heterocycles. The standard InChI is InChI=1S/C12H16FN3O/c1-2-11(17)9-3-4-10(12(13)15-9)16-7-5-14-6-8-16/h3-4,14H,2,5-8H2,1H3. The summed E-state index contributed by atoms with van der Waals surface area (Å²) < 4.78 is 13.8. The van der Waals surface area contributed by atoms with Crippen molar-refractivity contribution in [3.05, 3.63) is 23.8 Å². The largest absolute Gasteiger partial charge is 0.365 e. The van der Waals surface area contributed by atoms with Crippen LogP contribution in [-0.2, 0) is 0 Å². The minimum absolute atomic E-state index is 0.129. The van der Waals surface area contributed by atoms with E-state index >= 15 is 0 Å². The van der Waals surface area contributed by atoms with Crippen LogP contribution >= 0.6 is 0 Å². The fraction of sp³-hybridized carbons (Fsp3) is 0.500. The van der Waals surface area contributed by atoms with Crippen LogP contribution < -0.4 is 10.2 Å². The molecular weight excluding hydrogens is 221 g/mol. The summed E-state index contributed by atoms with van der Waals surface area (Å²) >= 11 is 0. The zero-order chi connectivity index (χ0) is 12.3. The van der Waals surface area contributed by atoms with E-state index in [0.717, 1.165) is 26.2 Å². The van der Waals surface area contributed by atoms with Crippen molar-refractivity contribution in [1.29, 1.82) is 0 Å². The molecule has 5 heteroatoms. The van der Waals surface area contributed by atoms with Gasteiger partial charge in [0.25, 0.3) is 0 Å². The van der Waals surface area contributed by atoms with Crippen molar-refractivity contribution < 1.29 is 9.18 Å². The summed E-state index contributed by atoms with van der Waals surface area (Å²) in [5, 5.41) is 3.20.